The van der Waals surface area contributed by atoms with Crippen LogP contribution in [-0.2, 0) is 29.4 Å². The van der Waals surface area contributed by atoms with E-state index >= 15 is 0 Å². The van der Waals surface area contributed by atoms with Gasteiger partial charge in [-0.3, -0.25) is 14.4 Å². The first-order valence-electron chi connectivity index (χ1n) is 20.0. The highest BCUT2D eigenvalue weighted by molar-refractivity contribution is 6.08. The van der Waals surface area contributed by atoms with Crippen LogP contribution in [-0.4, -0.2) is 36.8 Å². The number of ether oxygens (including phenoxy) is 4. The topological polar surface area (TPSA) is 167 Å². The van der Waals surface area contributed by atoms with Crippen molar-refractivity contribution in [2.45, 2.75) is 19.8 Å². The Morgan fingerprint density at radius 3 is 1.48 bits per heavy atom. The van der Waals surface area contributed by atoms with Crippen molar-refractivity contribution in [3.8, 4) is 17.2 Å². The van der Waals surface area contributed by atoms with Crippen LogP contribution in [0.4, 0.5) is 17.1 Å². The zero-order valence-corrected chi connectivity index (χ0v) is 34.2. The summed E-state index contributed by atoms with van der Waals surface area (Å²) in [7, 11) is 0. The first kappa shape index (κ1) is 42.9. The minimum Gasteiger partial charge on any atom is -0.487 e. The maximum atomic E-state index is 14.0. The number of nitrogens with one attached hydrogen (secondary N) is 3. The van der Waals surface area contributed by atoms with Crippen molar-refractivity contribution in [1.29, 1.82) is 0 Å². The second-order valence-electron chi connectivity index (χ2n) is 14.2. The number of benzene rings is 7. The largest absolute Gasteiger partial charge is 0.487 e. The third-order valence-electron chi connectivity index (χ3n) is 9.68. The fraction of sp³-hybridized carbons (Fsp3) is 0.0980. The molecule has 0 heterocycles. The van der Waals surface area contributed by atoms with E-state index in [1.807, 2.05) is 103 Å². The van der Waals surface area contributed by atoms with Crippen molar-refractivity contribution in [3.05, 3.63) is 204 Å². The minimum absolute atomic E-state index is 0.0289. The van der Waals surface area contributed by atoms with E-state index in [4.69, 9.17) is 24.7 Å². The average Bonchev–Trinajstić information content (AvgIpc) is 3.32. The molecule has 316 valence electrons. The Kier molecular flexibility index (Phi) is 14.2. The molecule has 0 bridgehead atoms. The summed E-state index contributed by atoms with van der Waals surface area (Å²) in [4.78, 5) is 52.9. The Bertz CT molecular complexity index is 2760. The van der Waals surface area contributed by atoms with Gasteiger partial charge in [0.05, 0.1) is 29.2 Å². The summed E-state index contributed by atoms with van der Waals surface area (Å²) in [5.74, 6) is -1.28. The molecule has 7 aromatic rings. The van der Waals surface area contributed by atoms with Crippen molar-refractivity contribution in [1.82, 2.24) is 0 Å². The smallest absolute Gasteiger partial charge is 0.338 e. The summed E-state index contributed by atoms with van der Waals surface area (Å²) in [6.45, 7) is 3.87. The molecule has 0 aromatic heterocycles. The Morgan fingerprint density at radius 1 is 0.492 bits per heavy atom. The number of fused-ring (bicyclic) bond motifs is 1. The average molecular weight is 841 g/mol. The quantitative estimate of drug-likeness (QED) is 0.0486. The molecule has 63 heavy (non-hydrogen) atoms. The van der Waals surface area contributed by atoms with E-state index in [1.165, 1.54) is 30.3 Å². The maximum Gasteiger partial charge on any atom is 0.338 e. The summed E-state index contributed by atoms with van der Waals surface area (Å²) >= 11 is 0. The van der Waals surface area contributed by atoms with Gasteiger partial charge in [0.25, 0.3) is 11.8 Å². The molecular weight excluding hydrogens is 797 g/mol. The highest BCUT2D eigenvalue weighted by Gasteiger charge is 2.19. The molecule has 0 saturated carbocycles. The highest BCUT2D eigenvalue weighted by Crippen LogP contribution is 2.33. The van der Waals surface area contributed by atoms with Crippen molar-refractivity contribution in [2.75, 3.05) is 29.1 Å². The molecule has 0 aliphatic heterocycles. The number of hydrogen-bond donors (Lipinski definition) is 4. The number of carbonyl (C=O) groups is 4. The molecule has 12 nitrogen and oxygen atoms in total. The number of rotatable bonds is 18. The number of anilines is 3. The van der Waals surface area contributed by atoms with Crippen LogP contribution in [0.3, 0.4) is 0 Å². The van der Waals surface area contributed by atoms with Crippen LogP contribution < -0.4 is 35.9 Å². The molecule has 0 radical (unpaired) electrons. The molecule has 5 N–H and O–H groups in total. The van der Waals surface area contributed by atoms with Gasteiger partial charge in [-0.1, -0.05) is 110 Å². The predicted octanol–water partition coefficient (Wildman–Crippen LogP) is 9.32. The lowest BCUT2D eigenvalue weighted by molar-refractivity contribution is -0.114. The first-order valence-corrected chi connectivity index (χ1v) is 20.0. The van der Waals surface area contributed by atoms with Gasteiger partial charge in [0, 0.05) is 11.1 Å². The lowest BCUT2D eigenvalue weighted by atomic mass is 10.1. The number of nitrogens with two attached hydrogens (primary N) is 1. The van der Waals surface area contributed by atoms with Crippen LogP contribution in [0.5, 0.6) is 17.2 Å². The van der Waals surface area contributed by atoms with E-state index in [9.17, 15) is 19.2 Å². The van der Waals surface area contributed by atoms with Gasteiger partial charge in [0.1, 0.15) is 43.7 Å². The molecule has 3 amide bonds. The van der Waals surface area contributed by atoms with Crippen LogP contribution in [0.2, 0.25) is 0 Å². The standard InChI is InChI=1S/C51H44N4O8/c1-2-25-60-51(59)41-21-24-44(47(29-41)63-33-36-17-18-37-15-9-10-16-38(37)26-36)55-50(58)40-20-23-43(46(28-40)62-32-35-13-7-4-8-14-35)54-49(57)39-19-22-42(53-48(56)30-52)45(27-39)61-31-34-11-5-3-6-12-34/h2-24,26-29H,1,25,30-33,52H2,(H,53,56)(H,54,57)(H,55,58). The molecule has 12 heteroatoms. The number of amides is 3. The van der Waals surface area contributed by atoms with E-state index in [2.05, 4.69) is 22.5 Å². The van der Waals surface area contributed by atoms with Gasteiger partial charge in [0.15, 0.2) is 0 Å². The Labute approximate surface area is 364 Å². The summed E-state index contributed by atoms with van der Waals surface area (Å²) in [5.41, 5.74) is 9.80. The lowest BCUT2D eigenvalue weighted by Crippen LogP contribution is -2.22. The van der Waals surface area contributed by atoms with E-state index < -0.39 is 23.7 Å². The zero-order chi connectivity index (χ0) is 44.0. The maximum absolute atomic E-state index is 14.0. The van der Waals surface area contributed by atoms with Gasteiger partial charge < -0.3 is 40.6 Å². The number of hydrogen-bond acceptors (Lipinski definition) is 9. The normalized spacial score (nSPS) is 10.6. The first-order chi connectivity index (χ1) is 30.8. The number of esters is 1. The molecular formula is C51H44N4O8. The SMILES string of the molecule is C=CCOC(=O)c1ccc(NC(=O)c2ccc(NC(=O)c3ccc(NC(=O)CN)c(OCc4ccccc4)c3)c(OCc3ccccc3)c2)c(OCc2ccc3ccccc3c2)c1. The van der Waals surface area contributed by atoms with Crippen molar-refractivity contribution >= 4 is 51.5 Å². The Morgan fingerprint density at radius 2 is 0.952 bits per heavy atom. The van der Waals surface area contributed by atoms with Crippen molar-refractivity contribution in [3.63, 3.8) is 0 Å². The molecule has 7 rings (SSSR count). The molecule has 0 aliphatic carbocycles. The zero-order valence-electron chi connectivity index (χ0n) is 34.2. The minimum atomic E-state index is -0.577. The monoisotopic (exact) mass is 840 g/mol. The van der Waals surface area contributed by atoms with Gasteiger partial charge in [0.2, 0.25) is 5.91 Å². The fourth-order valence-corrected chi connectivity index (χ4v) is 6.41. The molecule has 0 fully saturated rings. The van der Waals surface area contributed by atoms with Crippen LogP contribution >= 0.6 is 0 Å². The summed E-state index contributed by atoms with van der Waals surface area (Å²) in [6.07, 6.45) is 1.47. The second kappa shape index (κ2) is 20.8. The molecule has 0 spiro atoms. The van der Waals surface area contributed by atoms with E-state index in [1.54, 1.807) is 30.3 Å². The van der Waals surface area contributed by atoms with E-state index in [0.29, 0.717) is 17.1 Å². The molecule has 0 aliphatic rings. The van der Waals surface area contributed by atoms with Crippen LogP contribution in [0, 0.1) is 0 Å². The Hall–Kier alpha value is -8.22. The fourth-order valence-electron chi connectivity index (χ4n) is 6.41. The van der Waals surface area contributed by atoms with Crippen LogP contribution in [0.1, 0.15) is 47.8 Å². The lowest BCUT2D eigenvalue weighted by Gasteiger charge is -2.17. The van der Waals surface area contributed by atoms with E-state index in [-0.39, 0.29) is 66.9 Å². The van der Waals surface area contributed by atoms with Gasteiger partial charge in [-0.15, -0.1) is 0 Å². The van der Waals surface area contributed by atoms with E-state index in [0.717, 1.165) is 27.5 Å². The van der Waals surface area contributed by atoms with Crippen LogP contribution in [0.25, 0.3) is 10.8 Å². The summed E-state index contributed by atoms with van der Waals surface area (Å²) in [5, 5.41) is 10.7. The second-order valence-corrected chi connectivity index (χ2v) is 14.2. The van der Waals surface area contributed by atoms with Crippen LogP contribution in [0.15, 0.2) is 170 Å². The van der Waals surface area contributed by atoms with Gasteiger partial charge >= 0.3 is 5.97 Å². The summed E-state index contributed by atoms with van der Waals surface area (Å²) in [6, 6.07) is 46.8. The highest BCUT2D eigenvalue weighted by atomic mass is 16.5. The van der Waals surface area contributed by atoms with Gasteiger partial charge in [-0.25, -0.2) is 4.79 Å². The van der Waals surface area contributed by atoms with Crippen molar-refractivity contribution < 1.29 is 38.1 Å². The number of carbonyl (C=O) groups excluding carboxylic acids is 4. The Balaban J connectivity index is 1.14. The summed E-state index contributed by atoms with van der Waals surface area (Å²) < 4.78 is 23.8. The molecule has 0 atom stereocenters. The third-order valence-corrected chi connectivity index (χ3v) is 9.68. The van der Waals surface area contributed by atoms with Crippen molar-refractivity contribution in [2.24, 2.45) is 5.73 Å². The molecule has 7 aromatic carbocycles. The van der Waals surface area contributed by atoms with Gasteiger partial charge in [-0.2, -0.15) is 0 Å². The molecule has 0 saturated heterocycles. The predicted molar refractivity (Wildman–Crippen MR) is 243 cm³/mol. The third kappa shape index (κ3) is 11.5. The van der Waals surface area contributed by atoms with Gasteiger partial charge in [-0.05, 0) is 88.1 Å². The molecule has 0 unspecified atom stereocenters.